The smallest absolute Gasteiger partial charge is 0.393 e. The van der Waals surface area contributed by atoms with E-state index >= 15 is 0 Å². The number of rotatable bonds is 6. The normalized spacial score (nSPS) is 14.5. The fraction of sp³-hybridized carbons (Fsp3) is 0.533. The maximum atomic E-state index is 13.1. The highest BCUT2D eigenvalue weighted by molar-refractivity contribution is 6.33. The minimum Gasteiger partial charge on any atom is -0.393 e. The number of anilines is 1. The molecule has 0 aliphatic carbocycles. The molecule has 0 aliphatic rings. The summed E-state index contributed by atoms with van der Waals surface area (Å²) < 4.78 is 39.3. The number of carbonyl (C=O) groups is 1. The van der Waals surface area contributed by atoms with Crippen LogP contribution in [0.1, 0.15) is 31.4 Å². The van der Waals surface area contributed by atoms with Crippen molar-refractivity contribution in [2.24, 2.45) is 5.92 Å². The van der Waals surface area contributed by atoms with Crippen molar-refractivity contribution in [2.45, 2.75) is 39.0 Å². The lowest BCUT2D eigenvalue weighted by Crippen LogP contribution is -2.22. The van der Waals surface area contributed by atoms with Crippen LogP contribution in [-0.4, -0.2) is 24.0 Å². The lowest BCUT2D eigenvalue weighted by Gasteiger charge is -2.21. The number of hydrogen-bond donors (Lipinski definition) is 2. The van der Waals surface area contributed by atoms with Gasteiger partial charge in [-0.25, -0.2) is 0 Å². The monoisotopic (exact) mass is 337 g/mol. The lowest BCUT2D eigenvalue weighted by molar-refractivity contribution is -0.137. The Hall–Kier alpha value is -1.27. The van der Waals surface area contributed by atoms with Gasteiger partial charge in [-0.3, -0.25) is 0 Å². The largest absolute Gasteiger partial charge is 0.418 e. The first-order chi connectivity index (χ1) is 10.1. The average molecular weight is 338 g/mol. The number of alkyl halides is 3. The Morgan fingerprint density at radius 3 is 2.41 bits per heavy atom. The van der Waals surface area contributed by atoms with Crippen LogP contribution in [0.15, 0.2) is 12.1 Å². The van der Waals surface area contributed by atoms with Crippen molar-refractivity contribution >= 4 is 23.1 Å². The number of carbonyl (C=O) groups excluding carboxylic acids is 1. The van der Waals surface area contributed by atoms with Gasteiger partial charge < -0.3 is 15.2 Å². The molecule has 3 nitrogen and oxygen atoms in total. The van der Waals surface area contributed by atoms with Gasteiger partial charge in [-0.15, -0.1) is 0 Å². The molecule has 0 amide bonds. The van der Waals surface area contributed by atoms with Crippen LogP contribution in [0.4, 0.5) is 18.9 Å². The molecule has 0 spiro atoms. The van der Waals surface area contributed by atoms with Crippen molar-refractivity contribution in [3.05, 3.63) is 28.3 Å². The number of ketones is 1. The van der Waals surface area contributed by atoms with E-state index in [2.05, 4.69) is 5.32 Å². The predicted molar refractivity (Wildman–Crippen MR) is 80.2 cm³/mol. The number of aliphatic hydroxyl groups excluding tert-OH is 1. The molecule has 1 aromatic carbocycles. The van der Waals surface area contributed by atoms with Gasteiger partial charge in [0, 0.05) is 13.5 Å². The lowest BCUT2D eigenvalue weighted by atomic mass is 9.89. The fourth-order valence-electron chi connectivity index (χ4n) is 2.34. The molecular weight excluding hydrogens is 319 g/mol. The Bertz CT molecular complexity index is 544. The summed E-state index contributed by atoms with van der Waals surface area (Å²) in [6.07, 6.45) is -5.10. The molecular formula is C15H19ClF3NO2. The van der Waals surface area contributed by atoms with Crippen molar-refractivity contribution < 1.29 is 23.1 Å². The third-order valence-corrected chi connectivity index (χ3v) is 3.73. The summed E-state index contributed by atoms with van der Waals surface area (Å²) >= 11 is 5.92. The molecule has 2 atom stereocenters. The zero-order chi connectivity index (χ0) is 17.1. The van der Waals surface area contributed by atoms with E-state index in [4.69, 9.17) is 11.6 Å². The Balaban J connectivity index is 3.20. The molecule has 22 heavy (non-hydrogen) atoms. The molecule has 0 fully saturated rings. The molecule has 0 radical (unpaired) electrons. The van der Waals surface area contributed by atoms with E-state index in [1.165, 1.54) is 27.0 Å². The number of aliphatic hydroxyl groups is 1. The second-order valence-electron chi connectivity index (χ2n) is 5.36. The van der Waals surface area contributed by atoms with Crippen LogP contribution in [0.2, 0.25) is 5.02 Å². The number of halogens is 4. The van der Waals surface area contributed by atoms with Crippen LogP contribution in [-0.2, 0) is 17.4 Å². The third-order valence-electron chi connectivity index (χ3n) is 3.44. The van der Waals surface area contributed by atoms with Gasteiger partial charge in [0.05, 0.1) is 22.4 Å². The molecule has 0 saturated carbocycles. The van der Waals surface area contributed by atoms with E-state index in [0.29, 0.717) is 5.56 Å². The highest BCUT2D eigenvalue weighted by Crippen LogP contribution is 2.40. The molecule has 0 aromatic heterocycles. The number of benzene rings is 1. The summed E-state index contributed by atoms with van der Waals surface area (Å²) in [6, 6.07) is 2.44. The highest BCUT2D eigenvalue weighted by Gasteiger charge is 2.35. The van der Waals surface area contributed by atoms with E-state index < -0.39 is 23.8 Å². The van der Waals surface area contributed by atoms with Crippen LogP contribution in [0.3, 0.4) is 0 Å². The average Bonchev–Trinajstić information content (AvgIpc) is 2.35. The Kier molecular flexibility index (Phi) is 6.26. The Morgan fingerprint density at radius 2 is 2.00 bits per heavy atom. The highest BCUT2D eigenvalue weighted by atomic mass is 35.5. The predicted octanol–water partition coefficient (Wildman–Crippen LogP) is 3.92. The minimum absolute atomic E-state index is 0.0421. The maximum absolute atomic E-state index is 13.1. The van der Waals surface area contributed by atoms with Crippen LogP contribution in [0.25, 0.3) is 0 Å². The molecule has 0 heterocycles. The molecule has 2 N–H and O–H groups in total. The quantitative estimate of drug-likeness (QED) is 0.827. The van der Waals surface area contributed by atoms with Crippen molar-refractivity contribution in [2.75, 3.05) is 12.4 Å². The Morgan fingerprint density at radius 1 is 1.41 bits per heavy atom. The second kappa shape index (κ2) is 7.33. The van der Waals surface area contributed by atoms with E-state index in [9.17, 15) is 23.1 Å². The van der Waals surface area contributed by atoms with Crippen molar-refractivity contribution in [3.8, 4) is 0 Å². The summed E-state index contributed by atoms with van der Waals surface area (Å²) in [5, 5.41) is 12.1. The van der Waals surface area contributed by atoms with Gasteiger partial charge >= 0.3 is 6.18 Å². The SMILES string of the molecule is CNc1c(Cl)cc(C[C@@H](CC(C)=O)C(C)O)cc1C(F)(F)F. The van der Waals surface area contributed by atoms with Crippen molar-refractivity contribution in [1.82, 2.24) is 0 Å². The minimum atomic E-state index is -4.54. The summed E-state index contributed by atoms with van der Waals surface area (Å²) in [5.41, 5.74) is -0.703. The van der Waals surface area contributed by atoms with Gasteiger partial charge in [0.25, 0.3) is 0 Å². The molecule has 0 bridgehead atoms. The molecule has 0 saturated heterocycles. The van der Waals surface area contributed by atoms with Gasteiger partial charge in [0.2, 0.25) is 0 Å². The third kappa shape index (κ3) is 4.88. The van der Waals surface area contributed by atoms with E-state index in [-0.39, 0.29) is 29.3 Å². The van der Waals surface area contributed by atoms with Crippen LogP contribution in [0, 0.1) is 5.92 Å². The molecule has 1 aromatic rings. The topological polar surface area (TPSA) is 49.3 Å². The van der Waals surface area contributed by atoms with E-state index in [0.717, 1.165) is 6.07 Å². The van der Waals surface area contributed by atoms with Gasteiger partial charge in [-0.05, 0) is 43.9 Å². The summed E-state index contributed by atoms with van der Waals surface area (Å²) in [5.74, 6) is -0.574. The first-order valence-electron chi connectivity index (χ1n) is 6.81. The maximum Gasteiger partial charge on any atom is 0.418 e. The number of hydrogen-bond acceptors (Lipinski definition) is 3. The summed E-state index contributed by atoms with van der Waals surface area (Å²) in [7, 11) is 1.37. The Labute approximate surface area is 132 Å². The summed E-state index contributed by atoms with van der Waals surface area (Å²) in [6.45, 7) is 2.90. The van der Waals surface area contributed by atoms with E-state index in [1.54, 1.807) is 0 Å². The van der Waals surface area contributed by atoms with Gasteiger partial charge in [-0.2, -0.15) is 13.2 Å². The fourth-order valence-corrected chi connectivity index (χ4v) is 2.68. The molecule has 124 valence electrons. The zero-order valence-electron chi connectivity index (χ0n) is 12.6. The van der Waals surface area contributed by atoms with E-state index in [1.807, 2.05) is 0 Å². The number of Topliss-reactive ketones (excluding diaryl/α,β-unsaturated/α-hetero) is 1. The van der Waals surface area contributed by atoms with Gasteiger partial charge in [0.15, 0.2) is 0 Å². The zero-order valence-corrected chi connectivity index (χ0v) is 13.3. The van der Waals surface area contributed by atoms with Crippen LogP contribution in [0.5, 0.6) is 0 Å². The van der Waals surface area contributed by atoms with Crippen molar-refractivity contribution in [1.29, 1.82) is 0 Å². The first-order valence-corrected chi connectivity index (χ1v) is 7.19. The van der Waals surface area contributed by atoms with Gasteiger partial charge in [-0.1, -0.05) is 11.6 Å². The number of nitrogens with one attached hydrogen (secondary N) is 1. The second-order valence-corrected chi connectivity index (χ2v) is 5.77. The van der Waals surface area contributed by atoms with Gasteiger partial charge in [0.1, 0.15) is 5.78 Å². The first kappa shape index (κ1) is 18.8. The molecule has 1 rings (SSSR count). The standard InChI is InChI=1S/C15H19ClF3NO2/c1-8(21)4-11(9(2)22)5-10-6-12(15(17,18)19)14(20-3)13(16)7-10/h6-7,9,11,20,22H,4-5H2,1-3H3/t9?,11-/m1/s1. The van der Waals surface area contributed by atoms with Crippen LogP contribution >= 0.6 is 11.6 Å². The molecule has 7 heteroatoms. The summed E-state index contributed by atoms with van der Waals surface area (Å²) in [4.78, 5) is 11.2. The molecule has 1 unspecified atom stereocenters. The van der Waals surface area contributed by atoms with Crippen molar-refractivity contribution in [3.63, 3.8) is 0 Å². The van der Waals surface area contributed by atoms with Crippen LogP contribution < -0.4 is 5.32 Å². The molecule has 0 aliphatic heterocycles.